The van der Waals surface area contributed by atoms with Crippen LogP contribution in [0.5, 0.6) is 0 Å². The highest BCUT2D eigenvalue weighted by molar-refractivity contribution is 5.95. The number of carbonyl (C=O) groups is 1. The third-order valence-corrected chi connectivity index (χ3v) is 3.79. The van der Waals surface area contributed by atoms with E-state index in [0.29, 0.717) is 17.2 Å². The predicted molar refractivity (Wildman–Crippen MR) is 75.9 cm³/mol. The van der Waals surface area contributed by atoms with Crippen molar-refractivity contribution < 1.29 is 9.90 Å². The van der Waals surface area contributed by atoms with E-state index in [0.717, 1.165) is 18.4 Å². The number of fused-ring (bicyclic) bond motifs is 1. The third-order valence-electron chi connectivity index (χ3n) is 3.79. The number of benzene rings is 1. The Labute approximate surface area is 117 Å². The first kappa shape index (κ1) is 12.8. The number of aromatic nitrogens is 2. The standard InChI is InChI=1S/C16H16N2O2/c1-9-14(16(19)20)15(18-10(2)17-9)13-7-6-11-4-3-5-12(11)8-13/h6-8H,3-5H2,1-2H3,(H,19,20). The quantitative estimate of drug-likeness (QED) is 0.909. The van der Waals surface area contributed by atoms with Crippen molar-refractivity contribution >= 4 is 5.97 Å². The molecule has 102 valence electrons. The number of carboxylic acid groups (broad SMARTS) is 1. The second-order valence-electron chi connectivity index (χ2n) is 5.22. The van der Waals surface area contributed by atoms with Crippen molar-refractivity contribution in [3.05, 3.63) is 46.4 Å². The summed E-state index contributed by atoms with van der Waals surface area (Å²) in [5.41, 5.74) is 4.80. The van der Waals surface area contributed by atoms with E-state index in [2.05, 4.69) is 22.1 Å². The Morgan fingerprint density at radius 2 is 1.90 bits per heavy atom. The highest BCUT2D eigenvalue weighted by Crippen LogP contribution is 2.29. The minimum Gasteiger partial charge on any atom is -0.478 e. The average Bonchev–Trinajstić information content (AvgIpc) is 2.84. The number of hydrogen-bond donors (Lipinski definition) is 1. The number of aryl methyl sites for hydroxylation is 4. The topological polar surface area (TPSA) is 63.1 Å². The molecule has 0 spiro atoms. The van der Waals surface area contributed by atoms with Gasteiger partial charge in [-0.1, -0.05) is 12.1 Å². The molecule has 0 bridgehead atoms. The Bertz CT molecular complexity index is 708. The van der Waals surface area contributed by atoms with E-state index in [1.165, 1.54) is 17.5 Å². The lowest BCUT2D eigenvalue weighted by Gasteiger charge is -2.10. The Morgan fingerprint density at radius 3 is 2.65 bits per heavy atom. The number of nitrogens with zero attached hydrogens (tertiary/aromatic N) is 2. The largest absolute Gasteiger partial charge is 0.478 e. The van der Waals surface area contributed by atoms with Crippen LogP contribution in [0, 0.1) is 13.8 Å². The van der Waals surface area contributed by atoms with Gasteiger partial charge in [-0.2, -0.15) is 0 Å². The molecule has 0 saturated heterocycles. The van der Waals surface area contributed by atoms with Crippen LogP contribution in [0.2, 0.25) is 0 Å². The van der Waals surface area contributed by atoms with E-state index in [4.69, 9.17) is 0 Å². The second-order valence-corrected chi connectivity index (χ2v) is 5.22. The highest BCUT2D eigenvalue weighted by atomic mass is 16.4. The smallest absolute Gasteiger partial charge is 0.339 e. The Morgan fingerprint density at radius 1 is 1.15 bits per heavy atom. The number of aromatic carboxylic acids is 1. The van der Waals surface area contributed by atoms with Gasteiger partial charge in [0.1, 0.15) is 11.4 Å². The fourth-order valence-electron chi connectivity index (χ4n) is 2.90. The summed E-state index contributed by atoms with van der Waals surface area (Å²) in [7, 11) is 0. The van der Waals surface area contributed by atoms with Crippen molar-refractivity contribution in [2.75, 3.05) is 0 Å². The van der Waals surface area contributed by atoms with Crippen molar-refractivity contribution in [1.29, 1.82) is 0 Å². The Kier molecular flexibility index (Phi) is 3.01. The summed E-state index contributed by atoms with van der Waals surface area (Å²) in [6, 6.07) is 6.14. The molecular formula is C16H16N2O2. The molecule has 0 radical (unpaired) electrons. The van der Waals surface area contributed by atoms with Gasteiger partial charge in [-0.3, -0.25) is 0 Å². The summed E-state index contributed by atoms with van der Waals surface area (Å²) in [6.07, 6.45) is 3.35. The molecule has 4 heteroatoms. The Balaban J connectivity index is 2.21. The molecule has 0 fully saturated rings. The molecule has 0 aliphatic heterocycles. The monoisotopic (exact) mass is 268 g/mol. The van der Waals surface area contributed by atoms with Crippen LogP contribution in [0.4, 0.5) is 0 Å². The first-order valence-electron chi connectivity index (χ1n) is 6.77. The van der Waals surface area contributed by atoms with Gasteiger partial charge in [-0.15, -0.1) is 0 Å². The molecule has 1 aromatic carbocycles. The van der Waals surface area contributed by atoms with Gasteiger partial charge in [0.05, 0.1) is 11.4 Å². The highest BCUT2D eigenvalue weighted by Gasteiger charge is 2.20. The second kappa shape index (κ2) is 4.71. The molecule has 0 saturated carbocycles. The van der Waals surface area contributed by atoms with Crippen molar-refractivity contribution in [3.8, 4) is 11.3 Å². The van der Waals surface area contributed by atoms with Gasteiger partial charge >= 0.3 is 5.97 Å². The number of rotatable bonds is 2. The SMILES string of the molecule is Cc1nc(C)c(C(=O)O)c(-c2ccc3c(c2)CCC3)n1. The van der Waals surface area contributed by atoms with Gasteiger partial charge in [-0.25, -0.2) is 14.8 Å². The Hall–Kier alpha value is -2.23. The zero-order chi connectivity index (χ0) is 14.3. The fraction of sp³-hybridized carbons (Fsp3) is 0.312. The van der Waals surface area contributed by atoms with Crippen LogP contribution >= 0.6 is 0 Å². The van der Waals surface area contributed by atoms with Gasteiger partial charge in [0.25, 0.3) is 0 Å². The number of hydrogen-bond acceptors (Lipinski definition) is 3. The minimum atomic E-state index is -0.974. The molecule has 1 aliphatic carbocycles. The van der Waals surface area contributed by atoms with Crippen LogP contribution < -0.4 is 0 Å². The zero-order valence-electron chi connectivity index (χ0n) is 11.6. The van der Waals surface area contributed by atoms with Crippen LogP contribution in [0.25, 0.3) is 11.3 Å². The first-order chi connectivity index (χ1) is 9.56. The lowest BCUT2D eigenvalue weighted by molar-refractivity contribution is 0.0696. The van der Waals surface area contributed by atoms with E-state index in [1.54, 1.807) is 13.8 Å². The molecule has 0 amide bonds. The molecule has 0 atom stereocenters. The van der Waals surface area contributed by atoms with Crippen LogP contribution in [-0.4, -0.2) is 21.0 Å². The van der Waals surface area contributed by atoms with E-state index in [-0.39, 0.29) is 5.56 Å². The summed E-state index contributed by atoms with van der Waals surface area (Å²) < 4.78 is 0. The molecule has 4 nitrogen and oxygen atoms in total. The molecule has 2 aromatic rings. The minimum absolute atomic E-state index is 0.202. The molecular weight excluding hydrogens is 252 g/mol. The predicted octanol–water partition coefficient (Wildman–Crippen LogP) is 2.95. The van der Waals surface area contributed by atoms with Crippen LogP contribution in [-0.2, 0) is 12.8 Å². The first-order valence-corrected chi connectivity index (χ1v) is 6.77. The maximum absolute atomic E-state index is 11.5. The van der Waals surface area contributed by atoms with Crippen molar-refractivity contribution in [1.82, 2.24) is 9.97 Å². The maximum Gasteiger partial charge on any atom is 0.339 e. The van der Waals surface area contributed by atoms with E-state index >= 15 is 0 Å². The van der Waals surface area contributed by atoms with Gasteiger partial charge in [0.2, 0.25) is 0 Å². The molecule has 0 unspecified atom stereocenters. The van der Waals surface area contributed by atoms with Gasteiger partial charge < -0.3 is 5.11 Å². The number of carboxylic acids is 1. The summed E-state index contributed by atoms with van der Waals surface area (Å²) in [4.78, 5) is 20.0. The molecule has 20 heavy (non-hydrogen) atoms. The van der Waals surface area contributed by atoms with Crippen LogP contribution in [0.1, 0.15) is 39.4 Å². The molecule has 1 heterocycles. The molecule has 1 aromatic heterocycles. The van der Waals surface area contributed by atoms with Crippen molar-refractivity contribution in [2.45, 2.75) is 33.1 Å². The zero-order valence-corrected chi connectivity index (χ0v) is 11.6. The van der Waals surface area contributed by atoms with Crippen LogP contribution in [0.3, 0.4) is 0 Å². The summed E-state index contributed by atoms with van der Waals surface area (Å²) in [5, 5.41) is 9.41. The summed E-state index contributed by atoms with van der Waals surface area (Å²) in [5.74, 6) is -0.374. The van der Waals surface area contributed by atoms with Crippen LogP contribution in [0.15, 0.2) is 18.2 Å². The van der Waals surface area contributed by atoms with E-state index in [9.17, 15) is 9.90 Å². The fourth-order valence-corrected chi connectivity index (χ4v) is 2.90. The lowest BCUT2D eigenvalue weighted by atomic mass is 10.00. The van der Waals surface area contributed by atoms with Crippen molar-refractivity contribution in [3.63, 3.8) is 0 Å². The summed E-state index contributed by atoms with van der Waals surface area (Å²) >= 11 is 0. The van der Waals surface area contributed by atoms with Gasteiger partial charge in [0.15, 0.2) is 0 Å². The molecule has 1 aliphatic rings. The third kappa shape index (κ3) is 2.07. The molecule has 1 N–H and O–H groups in total. The summed E-state index contributed by atoms with van der Waals surface area (Å²) in [6.45, 7) is 3.50. The molecule has 3 rings (SSSR count). The van der Waals surface area contributed by atoms with Crippen molar-refractivity contribution in [2.24, 2.45) is 0 Å². The average molecular weight is 268 g/mol. The lowest BCUT2D eigenvalue weighted by Crippen LogP contribution is -2.08. The van der Waals surface area contributed by atoms with Gasteiger partial charge in [-0.05, 0) is 50.3 Å². The normalized spacial score (nSPS) is 13.3. The maximum atomic E-state index is 11.5. The van der Waals surface area contributed by atoms with E-state index in [1.807, 2.05) is 6.07 Å². The van der Waals surface area contributed by atoms with Gasteiger partial charge in [0, 0.05) is 5.56 Å². The van der Waals surface area contributed by atoms with E-state index < -0.39 is 5.97 Å².